The number of amides is 2. The minimum absolute atomic E-state index is 0.0320. The van der Waals surface area contributed by atoms with Crippen molar-refractivity contribution >= 4 is 21.7 Å². The average molecular weight is 321 g/mol. The van der Waals surface area contributed by atoms with Gasteiger partial charge < -0.3 is 0 Å². The van der Waals surface area contributed by atoms with Crippen molar-refractivity contribution in [2.75, 3.05) is 6.54 Å². The van der Waals surface area contributed by atoms with Crippen LogP contribution in [0.4, 0.5) is 0 Å². The largest absolute Gasteiger partial charge is 0.278 e. The second-order valence-corrected chi connectivity index (χ2v) is 7.66. The summed E-state index contributed by atoms with van der Waals surface area (Å²) in [4.78, 5) is 25.5. The van der Waals surface area contributed by atoms with E-state index in [1.54, 1.807) is 19.1 Å². The van der Waals surface area contributed by atoms with E-state index in [0.29, 0.717) is 0 Å². The summed E-state index contributed by atoms with van der Waals surface area (Å²) in [6.07, 6.45) is 1.46. The molecule has 1 fully saturated rings. The summed E-state index contributed by atoms with van der Waals surface area (Å²) in [7, 11) is -3.83. The van der Waals surface area contributed by atoms with E-state index in [0.717, 1.165) is 10.5 Å². The molecular weight excluding hydrogens is 302 g/mol. The molecule has 2 unspecified atom stereocenters. The summed E-state index contributed by atoms with van der Waals surface area (Å²) in [6, 6.07) is 6.38. The van der Waals surface area contributed by atoms with Crippen molar-refractivity contribution in [2.45, 2.75) is 30.4 Å². The van der Waals surface area contributed by atoms with Crippen LogP contribution in [0.3, 0.4) is 0 Å². The summed E-state index contributed by atoms with van der Waals surface area (Å²) in [5.74, 6) is -1.57. The first kappa shape index (κ1) is 16.4. The van der Waals surface area contributed by atoms with E-state index in [1.165, 1.54) is 18.2 Å². The molecule has 0 spiro atoms. The zero-order valence-corrected chi connectivity index (χ0v) is 13.5. The number of hydrogen-bond acceptors (Lipinski definition) is 4. The topological polar surface area (TPSA) is 71.5 Å². The lowest BCUT2D eigenvalue weighted by molar-refractivity contribution is -0.148. The standard InChI is InChI=1S/C16H19NO4S/c1-4-9-17-14(18)10-12(3)15(16(17)19)22(20,21)13-7-5-11(2)6-8-13/h4-8,12,15H,1,9-10H2,2-3H3. The molecule has 2 rings (SSSR count). The van der Waals surface area contributed by atoms with Crippen molar-refractivity contribution in [1.82, 2.24) is 4.90 Å². The van der Waals surface area contributed by atoms with Crippen LogP contribution in [0, 0.1) is 12.8 Å². The van der Waals surface area contributed by atoms with Crippen LogP contribution in [0.2, 0.25) is 0 Å². The van der Waals surface area contributed by atoms with Gasteiger partial charge in [0.15, 0.2) is 9.84 Å². The van der Waals surface area contributed by atoms with Crippen LogP contribution in [-0.2, 0) is 19.4 Å². The van der Waals surface area contributed by atoms with Gasteiger partial charge in [-0.05, 0) is 25.0 Å². The Morgan fingerprint density at radius 2 is 1.86 bits per heavy atom. The van der Waals surface area contributed by atoms with E-state index >= 15 is 0 Å². The summed E-state index contributed by atoms with van der Waals surface area (Å²) in [5.41, 5.74) is 0.936. The lowest BCUT2D eigenvalue weighted by atomic mass is 9.97. The molecule has 22 heavy (non-hydrogen) atoms. The third kappa shape index (κ3) is 2.83. The van der Waals surface area contributed by atoms with E-state index in [-0.39, 0.29) is 23.8 Å². The van der Waals surface area contributed by atoms with Crippen LogP contribution in [0.1, 0.15) is 18.9 Å². The van der Waals surface area contributed by atoms with Gasteiger partial charge in [0, 0.05) is 13.0 Å². The lowest BCUT2D eigenvalue weighted by Crippen LogP contribution is -2.54. The Labute approximate surface area is 130 Å². The zero-order chi connectivity index (χ0) is 16.5. The highest BCUT2D eigenvalue weighted by Gasteiger charge is 2.46. The Hall–Kier alpha value is -1.95. The molecule has 2 atom stereocenters. The summed E-state index contributed by atoms with van der Waals surface area (Å²) in [6.45, 7) is 7.01. The van der Waals surface area contributed by atoms with E-state index in [4.69, 9.17) is 0 Å². The number of carbonyl (C=O) groups is 2. The van der Waals surface area contributed by atoms with E-state index in [2.05, 4.69) is 6.58 Å². The molecule has 1 aliphatic heterocycles. The maximum atomic E-state index is 12.8. The van der Waals surface area contributed by atoms with Gasteiger partial charge in [-0.1, -0.05) is 30.7 Å². The maximum Gasteiger partial charge on any atom is 0.248 e. The molecule has 0 radical (unpaired) electrons. The first-order valence-electron chi connectivity index (χ1n) is 7.04. The molecule has 1 aliphatic rings. The number of benzene rings is 1. The SMILES string of the molecule is C=CCN1C(=O)CC(C)C(S(=O)(=O)c2ccc(C)cc2)C1=O. The van der Waals surface area contributed by atoms with Crippen LogP contribution in [0.15, 0.2) is 41.8 Å². The summed E-state index contributed by atoms with van der Waals surface area (Å²) >= 11 is 0. The minimum Gasteiger partial charge on any atom is -0.278 e. The van der Waals surface area contributed by atoms with Crippen LogP contribution in [0.25, 0.3) is 0 Å². The number of hydrogen-bond donors (Lipinski definition) is 0. The molecule has 1 heterocycles. The summed E-state index contributed by atoms with van der Waals surface area (Å²) in [5, 5.41) is -1.23. The number of sulfone groups is 1. The van der Waals surface area contributed by atoms with Crippen LogP contribution >= 0.6 is 0 Å². The molecule has 1 aromatic carbocycles. The normalized spacial score (nSPS) is 22.7. The molecule has 118 valence electrons. The van der Waals surface area contributed by atoms with Crippen LogP contribution in [-0.4, -0.2) is 36.9 Å². The fourth-order valence-electron chi connectivity index (χ4n) is 2.65. The highest BCUT2D eigenvalue weighted by molar-refractivity contribution is 7.92. The average Bonchev–Trinajstić information content (AvgIpc) is 2.43. The predicted molar refractivity (Wildman–Crippen MR) is 82.9 cm³/mol. The number of piperidine rings is 1. The molecule has 5 nitrogen and oxygen atoms in total. The van der Waals surface area contributed by atoms with E-state index in [9.17, 15) is 18.0 Å². The number of imide groups is 1. The Balaban J connectivity index is 2.44. The molecule has 0 N–H and O–H groups in total. The Bertz CT molecular complexity index is 706. The van der Waals surface area contributed by atoms with Crippen molar-refractivity contribution in [2.24, 2.45) is 5.92 Å². The Morgan fingerprint density at radius 3 is 2.41 bits per heavy atom. The van der Waals surface area contributed by atoms with E-state index in [1.807, 2.05) is 6.92 Å². The fraction of sp³-hybridized carbons (Fsp3) is 0.375. The van der Waals surface area contributed by atoms with Gasteiger partial charge >= 0.3 is 0 Å². The molecule has 0 aliphatic carbocycles. The maximum absolute atomic E-state index is 12.8. The minimum atomic E-state index is -3.83. The highest BCUT2D eigenvalue weighted by Crippen LogP contribution is 2.30. The third-order valence-electron chi connectivity index (χ3n) is 3.82. The number of aryl methyl sites for hydroxylation is 1. The molecule has 0 aromatic heterocycles. The second-order valence-electron chi connectivity index (χ2n) is 5.59. The van der Waals surface area contributed by atoms with Gasteiger partial charge in [-0.2, -0.15) is 0 Å². The van der Waals surface area contributed by atoms with Gasteiger partial charge in [0.2, 0.25) is 11.8 Å². The number of likely N-dealkylation sites (tertiary alicyclic amines) is 1. The number of carbonyl (C=O) groups excluding carboxylic acids is 2. The van der Waals surface area contributed by atoms with Crippen molar-refractivity contribution in [3.8, 4) is 0 Å². The van der Waals surface area contributed by atoms with Crippen LogP contribution < -0.4 is 0 Å². The van der Waals surface area contributed by atoms with Crippen molar-refractivity contribution in [3.05, 3.63) is 42.5 Å². The van der Waals surface area contributed by atoms with E-state index < -0.39 is 26.9 Å². The van der Waals surface area contributed by atoms with Crippen LogP contribution in [0.5, 0.6) is 0 Å². The molecule has 6 heteroatoms. The fourth-order valence-corrected chi connectivity index (χ4v) is 4.56. The predicted octanol–water partition coefficient (Wildman–Crippen LogP) is 1.72. The van der Waals surface area contributed by atoms with Gasteiger partial charge in [-0.3, -0.25) is 14.5 Å². The van der Waals surface area contributed by atoms with Crippen molar-refractivity contribution in [3.63, 3.8) is 0 Å². The Morgan fingerprint density at radius 1 is 1.27 bits per heavy atom. The van der Waals surface area contributed by atoms with Crippen molar-refractivity contribution < 1.29 is 18.0 Å². The molecule has 0 bridgehead atoms. The van der Waals surface area contributed by atoms with Crippen molar-refractivity contribution in [1.29, 1.82) is 0 Å². The van der Waals surface area contributed by atoms with Gasteiger partial charge in [0.05, 0.1) is 4.90 Å². The number of rotatable bonds is 4. The molecule has 1 aromatic rings. The first-order chi connectivity index (χ1) is 10.3. The molecule has 0 saturated carbocycles. The Kier molecular flexibility index (Phi) is 4.51. The third-order valence-corrected chi connectivity index (χ3v) is 6.08. The molecule has 2 amide bonds. The molecule has 1 saturated heterocycles. The number of nitrogens with zero attached hydrogens (tertiary/aromatic N) is 1. The van der Waals surface area contributed by atoms with Gasteiger partial charge in [-0.25, -0.2) is 8.42 Å². The first-order valence-corrected chi connectivity index (χ1v) is 8.59. The monoisotopic (exact) mass is 321 g/mol. The lowest BCUT2D eigenvalue weighted by Gasteiger charge is -2.33. The highest BCUT2D eigenvalue weighted by atomic mass is 32.2. The van der Waals surface area contributed by atoms with Gasteiger partial charge in [0.25, 0.3) is 0 Å². The smallest absolute Gasteiger partial charge is 0.248 e. The molecular formula is C16H19NO4S. The quantitative estimate of drug-likeness (QED) is 0.625. The zero-order valence-electron chi connectivity index (χ0n) is 12.7. The summed E-state index contributed by atoms with van der Waals surface area (Å²) < 4.78 is 25.6. The van der Waals surface area contributed by atoms with Gasteiger partial charge in [-0.15, -0.1) is 6.58 Å². The van der Waals surface area contributed by atoms with Gasteiger partial charge in [0.1, 0.15) is 5.25 Å². The second kappa shape index (κ2) is 6.04.